The highest BCUT2D eigenvalue weighted by molar-refractivity contribution is 5.53. The topological polar surface area (TPSA) is 60.0 Å². The standard InChI is InChI=1S/C18H21N5O/c1-14(18-20-17(21-24-18)15-7-3-2-4-8-15)23-12-5-9-16(23)13-22-11-6-10-19-22/h2-4,6-8,10-11,14,16H,5,9,12-13H2,1H3. The zero-order valence-corrected chi connectivity index (χ0v) is 13.7. The van der Waals surface area contributed by atoms with E-state index in [1.165, 1.54) is 12.8 Å². The average Bonchev–Trinajstić information content (AvgIpc) is 3.37. The van der Waals surface area contributed by atoms with Gasteiger partial charge in [0.1, 0.15) is 0 Å². The Hall–Kier alpha value is -2.47. The second-order valence-electron chi connectivity index (χ2n) is 6.26. The predicted octanol–water partition coefficient (Wildman–Crippen LogP) is 3.16. The minimum atomic E-state index is 0.109. The van der Waals surface area contributed by atoms with Crippen molar-refractivity contribution in [1.82, 2.24) is 24.8 Å². The number of nitrogens with zero attached hydrogens (tertiary/aromatic N) is 5. The zero-order valence-electron chi connectivity index (χ0n) is 13.7. The van der Waals surface area contributed by atoms with Crippen molar-refractivity contribution in [2.45, 2.75) is 38.4 Å². The van der Waals surface area contributed by atoms with Gasteiger partial charge in [-0.2, -0.15) is 10.1 Å². The van der Waals surface area contributed by atoms with Crippen LogP contribution in [0.2, 0.25) is 0 Å². The van der Waals surface area contributed by atoms with Gasteiger partial charge in [-0.25, -0.2) is 0 Å². The highest BCUT2D eigenvalue weighted by Crippen LogP contribution is 2.30. The summed E-state index contributed by atoms with van der Waals surface area (Å²) in [6.45, 7) is 4.09. The molecule has 0 amide bonds. The predicted molar refractivity (Wildman–Crippen MR) is 90.1 cm³/mol. The van der Waals surface area contributed by atoms with E-state index in [0.717, 1.165) is 18.7 Å². The SMILES string of the molecule is CC(c1nc(-c2ccccc2)no1)N1CCCC1Cn1cccn1. The molecule has 0 saturated carbocycles. The van der Waals surface area contributed by atoms with Gasteiger partial charge in [-0.15, -0.1) is 0 Å². The van der Waals surface area contributed by atoms with E-state index in [9.17, 15) is 0 Å². The summed E-state index contributed by atoms with van der Waals surface area (Å²) in [5.41, 5.74) is 0.981. The third-order valence-corrected chi connectivity index (χ3v) is 4.71. The maximum Gasteiger partial charge on any atom is 0.244 e. The van der Waals surface area contributed by atoms with E-state index in [1.807, 2.05) is 53.5 Å². The van der Waals surface area contributed by atoms with Crippen molar-refractivity contribution in [1.29, 1.82) is 0 Å². The summed E-state index contributed by atoms with van der Waals surface area (Å²) in [6.07, 6.45) is 6.20. The fourth-order valence-electron chi connectivity index (χ4n) is 3.44. The molecule has 2 atom stereocenters. The fourth-order valence-corrected chi connectivity index (χ4v) is 3.44. The minimum absolute atomic E-state index is 0.109. The van der Waals surface area contributed by atoms with Gasteiger partial charge in [-0.1, -0.05) is 35.5 Å². The van der Waals surface area contributed by atoms with Crippen molar-refractivity contribution < 1.29 is 4.52 Å². The number of hydrogen-bond acceptors (Lipinski definition) is 5. The van der Waals surface area contributed by atoms with Crippen molar-refractivity contribution in [3.8, 4) is 11.4 Å². The lowest BCUT2D eigenvalue weighted by Gasteiger charge is -2.28. The third kappa shape index (κ3) is 2.97. The highest BCUT2D eigenvalue weighted by Gasteiger charge is 2.32. The van der Waals surface area contributed by atoms with Gasteiger partial charge >= 0.3 is 0 Å². The van der Waals surface area contributed by atoms with Crippen LogP contribution in [0.15, 0.2) is 53.3 Å². The molecule has 0 spiro atoms. The molecule has 1 fully saturated rings. The van der Waals surface area contributed by atoms with Gasteiger partial charge < -0.3 is 4.52 Å². The van der Waals surface area contributed by atoms with Crippen LogP contribution in [0.5, 0.6) is 0 Å². The van der Waals surface area contributed by atoms with Gasteiger partial charge in [0.15, 0.2) is 0 Å². The Morgan fingerprint density at radius 1 is 1.25 bits per heavy atom. The van der Waals surface area contributed by atoms with E-state index in [4.69, 9.17) is 4.52 Å². The van der Waals surface area contributed by atoms with Crippen LogP contribution in [0.1, 0.15) is 31.7 Å². The number of rotatable bonds is 5. The lowest BCUT2D eigenvalue weighted by Crippen LogP contribution is -2.35. The van der Waals surface area contributed by atoms with E-state index in [-0.39, 0.29) is 6.04 Å². The molecule has 0 N–H and O–H groups in total. The van der Waals surface area contributed by atoms with E-state index >= 15 is 0 Å². The van der Waals surface area contributed by atoms with Gasteiger partial charge in [-0.05, 0) is 32.4 Å². The zero-order chi connectivity index (χ0) is 16.4. The van der Waals surface area contributed by atoms with Gasteiger partial charge in [0.2, 0.25) is 11.7 Å². The largest absolute Gasteiger partial charge is 0.337 e. The van der Waals surface area contributed by atoms with Crippen LogP contribution in [0.25, 0.3) is 11.4 Å². The van der Waals surface area contributed by atoms with E-state index in [0.29, 0.717) is 17.8 Å². The van der Waals surface area contributed by atoms with Crippen molar-refractivity contribution in [3.05, 3.63) is 54.7 Å². The monoisotopic (exact) mass is 323 g/mol. The number of benzene rings is 1. The minimum Gasteiger partial charge on any atom is -0.337 e. The summed E-state index contributed by atoms with van der Waals surface area (Å²) in [5.74, 6) is 1.33. The first-order valence-corrected chi connectivity index (χ1v) is 8.43. The van der Waals surface area contributed by atoms with Gasteiger partial charge in [-0.3, -0.25) is 9.58 Å². The smallest absolute Gasteiger partial charge is 0.244 e. The first-order valence-electron chi connectivity index (χ1n) is 8.43. The Labute approximate surface area is 141 Å². The summed E-state index contributed by atoms with van der Waals surface area (Å²) in [5, 5.41) is 8.48. The van der Waals surface area contributed by atoms with Crippen molar-refractivity contribution in [3.63, 3.8) is 0 Å². The fraction of sp³-hybridized carbons (Fsp3) is 0.389. The highest BCUT2D eigenvalue weighted by atomic mass is 16.5. The van der Waals surface area contributed by atoms with E-state index < -0.39 is 0 Å². The molecule has 0 aliphatic carbocycles. The van der Waals surface area contributed by atoms with Crippen LogP contribution in [0, 0.1) is 0 Å². The van der Waals surface area contributed by atoms with Crippen LogP contribution < -0.4 is 0 Å². The number of aromatic nitrogens is 4. The number of hydrogen-bond donors (Lipinski definition) is 0. The Morgan fingerprint density at radius 3 is 2.92 bits per heavy atom. The molecular weight excluding hydrogens is 302 g/mol. The summed E-state index contributed by atoms with van der Waals surface area (Å²) in [6, 6.07) is 12.5. The maximum atomic E-state index is 5.55. The Bertz CT molecular complexity index is 768. The molecule has 1 aliphatic rings. The second kappa shape index (κ2) is 6.57. The van der Waals surface area contributed by atoms with Crippen molar-refractivity contribution in [2.75, 3.05) is 6.54 Å². The van der Waals surface area contributed by atoms with Crippen LogP contribution in [-0.2, 0) is 6.54 Å². The molecule has 6 heteroatoms. The van der Waals surface area contributed by atoms with Gasteiger partial charge in [0.05, 0.1) is 12.6 Å². The molecule has 24 heavy (non-hydrogen) atoms. The summed E-state index contributed by atoms with van der Waals surface area (Å²) < 4.78 is 7.55. The molecule has 3 aromatic rings. The quantitative estimate of drug-likeness (QED) is 0.722. The first kappa shape index (κ1) is 15.1. The molecule has 0 bridgehead atoms. The molecule has 1 aliphatic heterocycles. The Kier molecular flexibility index (Phi) is 4.13. The van der Waals surface area contributed by atoms with Crippen molar-refractivity contribution >= 4 is 0 Å². The van der Waals surface area contributed by atoms with Crippen molar-refractivity contribution in [2.24, 2.45) is 0 Å². The number of likely N-dealkylation sites (tertiary alicyclic amines) is 1. The summed E-state index contributed by atoms with van der Waals surface area (Å²) in [7, 11) is 0. The van der Waals surface area contributed by atoms with Crippen LogP contribution in [0.4, 0.5) is 0 Å². The molecule has 1 aromatic carbocycles. The second-order valence-corrected chi connectivity index (χ2v) is 6.26. The van der Waals surface area contributed by atoms with E-state index in [2.05, 4.69) is 27.1 Å². The Morgan fingerprint density at radius 2 is 2.12 bits per heavy atom. The third-order valence-electron chi connectivity index (χ3n) is 4.71. The van der Waals surface area contributed by atoms with Gasteiger partial charge in [0, 0.05) is 24.0 Å². The molecule has 124 valence electrons. The van der Waals surface area contributed by atoms with Crippen LogP contribution in [-0.4, -0.2) is 37.4 Å². The molecule has 2 aromatic heterocycles. The molecular formula is C18H21N5O. The lowest BCUT2D eigenvalue weighted by atomic mass is 10.2. The normalized spacial score (nSPS) is 19.6. The summed E-state index contributed by atoms with van der Waals surface area (Å²) >= 11 is 0. The first-order chi connectivity index (χ1) is 11.8. The molecule has 2 unspecified atom stereocenters. The molecule has 3 heterocycles. The summed E-state index contributed by atoms with van der Waals surface area (Å²) in [4.78, 5) is 7.06. The lowest BCUT2D eigenvalue weighted by molar-refractivity contribution is 0.144. The molecule has 6 nitrogen and oxygen atoms in total. The molecule has 4 rings (SSSR count). The molecule has 0 radical (unpaired) electrons. The van der Waals surface area contributed by atoms with E-state index in [1.54, 1.807) is 0 Å². The maximum absolute atomic E-state index is 5.55. The molecule has 1 saturated heterocycles. The van der Waals surface area contributed by atoms with Gasteiger partial charge in [0.25, 0.3) is 0 Å². The van der Waals surface area contributed by atoms with Crippen LogP contribution >= 0.6 is 0 Å². The Balaban J connectivity index is 1.50. The van der Waals surface area contributed by atoms with Crippen LogP contribution in [0.3, 0.4) is 0 Å². The average molecular weight is 323 g/mol.